The van der Waals surface area contributed by atoms with E-state index in [4.69, 9.17) is 0 Å². The van der Waals surface area contributed by atoms with Crippen molar-refractivity contribution in [2.45, 2.75) is 25.9 Å². The van der Waals surface area contributed by atoms with Gasteiger partial charge in [0.05, 0.1) is 7.11 Å². The van der Waals surface area contributed by atoms with E-state index < -0.39 is 17.1 Å². The van der Waals surface area contributed by atoms with E-state index in [0.29, 0.717) is 0 Å². The normalized spacial score (nSPS) is 35.2. The average Bonchev–Trinajstić information content (AvgIpc) is 2.32. The SMILES string of the molecule is COC(=O)C1(F)CC1(C)C. The highest BCUT2D eigenvalue weighted by atomic mass is 19.1. The van der Waals surface area contributed by atoms with Gasteiger partial charge in [-0.1, -0.05) is 13.8 Å². The summed E-state index contributed by atoms with van der Waals surface area (Å²) in [5.74, 6) is -0.738. The Hall–Kier alpha value is -0.600. The van der Waals surface area contributed by atoms with E-state index in [2.05, 4.69) is 4.74 Å². The van der Waals surface area contributed by atoms with E-state index in [-0.39, 0.29) is 6.42 Å². The van der Waals surface area contributed by atoms with Crippen molar-refractivity contribution in [2.75, 3.05) is 7.11 Å². The van der Waals surface area contributed by atoms with Gasteiger partial charge in [-0.15, -0.1) is 0 Å². The Labute approximate surface area is 59.4 Å². The van der Waals surface area contributed by atoms with Gasteiger partial charge in [0.2, 0.25) is 5.67 Å². The number of esters is 1. The standard InChI is InChI=1S/C7H11FO2/c1-6(2)4-7(6,8)5(9)10-3/h4H2,1-3H3. The van der Waals surface area contributed by atoms with Crippen LogP contribution < -0.4 is 0 Å². The first-order chi connectivity index (χ1) is 4.44. The molecule has 3 heteroatoms. The minimum Gasteiger partial charge on any atom is -0.467 e. The summed E-state index contributed by atoms with van der Waals surface area (Å²) in [6.45, 7) is 3.42. The van der Waals surface area contributed by atoms with Crippen LogP contribution in [0.15, 0.2) is 0 Å². The average molecular weight is 146 g/mol. The quantitative estimate of drug-likeness (QED) is 0.521. The predicted octanol–water partition coefficient (Wildman–Crippen LogP) is 1.30. The molecule has 0 radical (unpaired) electrons. The van der Waals surface area contributed by atoms with Crippen LogP contribution in [0, 0.1) is 5.41 Å². The monoisotopic (exact) mass is 146 g/mol. The first kappa shape index (κ1) is 7.51. The van der Waals surface area contributed by atoms with E-state index in [1.807, 2.05) is 0 Å². The smallest absolute Gasteiger partial charge is 0.344 e. The molecule has 1 fully saturated rings. The van der Waals surface area contributed by atoms with Gasteiger partial charge in [0, 0.05) is 11.8 Å². The van der Waals surface area contributed by atoms with E-state index in [0.717, 1.165) is 0 Å². The van der Waals surface area contributed by atoms with E-state index >= 15 is 0 Å². The van der Waals surface area contributed by atoms with Crippen LogP contribution in [0.3, 0.4) is 0 Å². The molecule has 10 heavy (non-hydrogen) atoms. The second kappa shape index (κ2) is 1.71. The Balaban J connectivity index is 2.68. The molecule has 0 N–H and O–H groups in total. The summed E-state index contributed by atoms with van der Waals surface area (Å²) < 4.78 is 17.5. The van der Waals surface area contributed by atoms with Gasteiger partial charge < -0.3 is 4.74 Å². The zero-order valence-corrected chi connectivity index (χ0v) is 6.40. The highest BCUT2D eigenvalue weighted by Gasteiger charge is 2.69. The van der Waals surface area contributed by atoms with Crippen LogP contribution in [-0.2, 0) is 9.53 Å². The molecule has 1 rings (SSSR count). The summed E-state index contributed by atoms with van der Waals surface area (Å²) in [5, 5.41) is 0. The molecule has 1 aliphatic carbocycles. The molecule has 1 saturated carbocycles. The third kappa shape index (κ3) is 0.728. The Bertz CT molecular complexity index is 176. The highest BCUT2D eigenvalue weighted by Crippen LogP contribution is 2.59. The van der Waals surface area contributed by atoms with Crippen molar-refractivity contribution >= 4 is 5.97 Å². The molecule has 1 aliphatic rings. The molecule has 58 valence electrons. The van der Waals surface area contributed by atoms with Crippen LogP contribution in [0.25, 0.3) is 0 Å². The van der Waals surface area contributed by atoms with Crippen molar-refractivity contribution in [1.82, 2.24) is 0 Å². The number of alkyl halides is 1. The third-order valence-electron chi connectivity index (χ3n) is 2.14. The van der Waals surface area contributed by atoms with Crippen LogP contribution in [0.2, 0.25) is 0 Å². The third-order valence-corrected chi connectivity index (χ3v) is 2.14. The lowest BCUT2D eigenvalue weighted by Crippen LogP contribution is -2.24. The summed E-state index contributed by atoms with van der Waals surface area (Å²) in [6, 6.07) is 0. The van der Waals surface area contributed by atoms with Crippen LogP contribution in [0.4, 0.5) is 4.39 Å². The Morgan fingerprint density at radius 2 is 2.00 bits per heavy atom. The van der Waals surface area contributed by atoms with Crippen LogP contribution in [0.1, 0.15) is 20.3 Å². The summed E-state index contributed by atoms with van der Waals surface area (Å²) >= 11 is 0. The van der Waals surface area contributed by atoms with Crippen LogP contribution >= 0.6 is 0 Å². The summed E-state index contributed by atoms with van der Waals surface area (Å²) in [5.41, 5.74) is -2.22. The van der Waals surface area contributed by atoms with Gasteiger partial charge in [0.25, 0.3) is 0 Å². The van der Waals surface area contributed by atoms with E-state index in [1.54, 1.807) is 13.8 Å². The number of hydrogen-bond donors (Lipinski definition) is 0. The highest BCUT2D eigenvalue weighted by molar-refractivity contribution is 5.84. The molecule has 0 spiro atoms. The van der Waals surface area contributed by atoms with Gasteiger partial charge in [-0.05, 0) is 0 Å². The van der Waals surface area contributed by atoms with Crippen molar-refractivity contribution in [1.29, 1.82) is 0 Å². The maximum absolute atomic E-state index is 13.2. The summed E-state index contributed by atoms with van der Waals surface area (Å²) in [4.78, 5) is 10.7. The van der Waals surface area contributed by atoms with Crippen LogP contribution in [0.5, 0.6) is 0 Å². The topological polar surface area (TPSA) is 26.3 Å². The van der Waals surface area contributed by atoms with Gasteiger partial charge in [-0.3, -0.25) is 0 Å². The summed E-state index contributed by atoms with van der Waals surface area (Å²) in [7, 11) is 1.21. The Morgan fingerprint density at radius 1 is 1.60 bits per heavy atom. The van der Waals surface area contributed by atoms with Crippen molar-refractivity contribution in [3.05, 3.63) is 0 Å². The number of carbonyl (C=O) groups excluding carboxylic acids is 1. The van der Waals surface area contributed by atoms with Gasteiger partial charge in [0.15, 0.2) is 0 Å². The number of carbonyl (C=O) groups is 1. The minimum absolute atomic E-state index is 0.284. The molecule has 0 heterocycles. The molecule has 1 atom stereocenters. The maximum Gasteiger partial charge on any atom is 0.344 e. The fourth-order valence-electron chi connectivity index (χ4n) is 1.08. The zero-order chi connectivity index (χ0) is 7.99. The van der Waals surface area contributed by atoms with Gasteiger partial charge in [0.1, 0.15) is 0 Å². The van der Waals surface area contributed by atoms with Gasteiger partial charge in [-0.25, -0.2) is 9.18 Å². The number of methoxy groups -OCH3 is 1. The second-order valence-electron chi connectivity index (χ2n) is 3.35. The Kier molecular flexibility index (Phi) is 1.28. The maximum atomic E-state index is 13.2. The molecule has 0 aliphatic heterocycles. The molecule has 0 aromatic carbocycles. The number of halogens is 1. The van der Waals surface area contributed by atoms with E-state index in [1.165, 1.54) is 7.11 Å². The van der Waals surface area contributed by atoms with Crippen molar-refractivity contribution in [3.63, 3.8) is 0 Å². The minimum atomic E-state index is -1.71. The number of ether oxygens (including phenoxy) is 1. The second-order valence-corrected chi connectivity index (χ2v) is 3.35. The molecule has 0 bridgehead atoms. The van der Waals surface area contributed by atoms with Crippen molar-refractivity contribution in [3.8, 4) is 0 Å². The lowest BCUT2D eigenvalue weighted by molar-refractivity contribution is -0.149. The first-order valence-electron chi connectivity index (χ1n) is 3.21. The zero-order valence-electron chi connectivity index (χ0n) is 6.40. The molecule has 0 aromatic rings. The Morgan fingerprint density at radius 3 is 2.10 bits per heavy atom. The lowest BCUT2D eigenvalue weighted by atomic mass is 10.1. The predicted molar refractivity (Wildman–Crippen MR) is 34.3 cm³/mol. The lowest BCUT2D eigenvalue weighted by Gasteiger charge is -2.06. The molecule has 1 unspecified atom stereocenters. The summed E-state index contributed by atoms with van der Waals surface area (Å²) in [6.07, 6.45) is 0.284. The van der Waals surface area contributed by atoms with Crippen molar-refractivity contribution < 1.29 is 13.9 Å². The molecule has 0 aromatic heterocycles. The molecule has 0 amide bonds. The molecule has 0 saturated heterocycles. The fraction of sp³-hybridized carbons (Fsp3) is 0.857. The molecule has 2 nitrogen and oxygen atoms in total. The number of rotatable bonds is 1. The molecular weight excluding hydrogens is 135 g/mol. The van der Waals surface area contributed by atoms with Gasteiger partial charge in [-0.2, -0.15) is 0 Å². The number of hydrogen-bond acceptors (Lipinski definition) is 2. The fourth-order valence-corrected chi connectivity index (χ4v) is 1.08. The first-order valence-corrected chi connectivity index (χ1v) is 3.21. The van der Waals surface area contributed by atoms with Gasteiger partial charge >= 0.3 is 5.97 Å². The largest absolute Gasteiger partial charge is 0.467 e. The van der Waals surface area contributed by atoms with E-state index in [9.17, 15) is 9.18 Å². The van der Waals surface area contributed by atoms with Crippen LogP contribution in [-0.4, -0.2) is 18.7 Å². The van der Waals surface area contributed by atoms with Crippen molar-refractivity contribution in [2.24, 2.45) is 5.41 Å². The molecular formula is C7H11FO2.